The molecule has 0 radical (unpaired) electrons. The molecular formula is C11H13NO. The van der Waals surface area contributed by atoms with E-state index in [1.54, 1.807) is 0 Å². The topological polar surface area (TPSA) is 33.0 Å². The van der Waals surface area contributed by atoms with Crippen LogP contribution in [0.2, 0.25) is 0 Å². The highest BCUT2D eigenvalue weighted by atomic mass is 16.5. The summed E-state index contributed by atoms with van der Waals surface area (Å²) in [5, 5.41) is 8.56. The lowest BCUT2D eigenvalue weighted by atomic mass is 10.2. The third-order valence-electron chi connectivity index (χ3n) is 1.70. The Balaban J connectivity index is 2.46. The van der Waals surface area contributed by atoms with Crippen LogP contribution in [0.5, 0.6) is 0 Å². The fourth-order valence-electron chi connectivity index (χ4n) is 1.01. The van der Waals surface area contributed by atoms with Gasteiger partial charge in [0.05, 0.1) is 18.2 Å². The Morgan fingerprint density at radius 2 is 2.00 bits per heavy atom. The molecule has 0 N–H and O–H groups in total. The second-order valence-electron chi connectivity index (χ2n) is 2.86. The summed E-state index contributed by atoms with van der Waals surface area (Å²) in [4.78, 5) is 0. The molecule has 0 amide bonds. The molecule has 1 aromatic carbocycles. The van der Waals surface area contributed by atoms with Gasteiger partial charge in [0.25, 0.3) is 0 Å². The Kier molecular flexibility index (Phi) is 4.01. The summed E-state index contributed by atoms with van der Waals surface area (Å²) in [6, 6.07) is 9.55. The Hall–Kier alpha value is -1.33. The maximum atomic E-state index is 8.56. The van der Waals surface area contributed by atoms with Gasteiger partial charge in [-0.05, 0) is 24.1 Å². The summed E-state index contributed by atoms with van der Waals surface area (Å²) < 4.78 is 5.36. The average Bonchev–Trinajstić information content (AvgIpc) is 2.19. The van der Waals surface area contributed by atoms with Crippen LogP contribution >= 0.6 is 0 Å². The number of hydrogen-bond acceptors (Lipinski definition) is 2. The SMILES string of the molecule is CCCOCc1ccc(C#N)cc1. The number of hydrogen-bond donors (Lipinski definition) is 0. The number of nitriles is 1. The minimum atomic E-state index is 0.638. The quantitative estimate of drug-likeness (QED) is 0.658. The lowest BCUT2D eigenvalue weighted by molar-refractivity contribution is 0.121. The fourth-order valence-corrected chi connectivity index (χ4v) is 1.01. The first-order valence-electron chi connectivity index (χ1n) is 4.43. The molecule has 0 bridgehead atoms. The van der Waals surface area contributed by atoms with Gasteiger partial charge in [-0.15, -0.1) is 0 Å². The second kappa shape index (κ2) is 5.34. The first-order valence-corrected chi connectivity index (χ1v) is 4.43. The van der Waals surface area contributed by atoms with Gasteiger partial charge in [0.2, 0.25) is 0 Å². The lowest BCUT2D eigenvalue weighted by Crippen LogP contribution is -1.93. The molecule has 0 saturated carbocycles. The van der Waals surface area contributed by atoms with Crippen LogP contribution in [0.1, 0.15) is 24.5 Å². The van der Waals surface area contributed by atoms with Crippen LogP contribution in [0, 0.1) is 11.3 Å². The van der Waals surface area contributed by atoms with E-state index >= 15 is 0 Å². The van der Waals surface area contributed by atoms with Gasteiger partial charge in [0, 0.05) is 6.61 Å². The van der Waals surface area contributed by atoms with Crippen LogP contribution in [0.25, 0.3) is 0 Å². The fraction of sp³-hybridized carbons (Fsp3) is 0.364. The zero-order valence-corrected chi connectivity index (χ0v) is 7.79. The normalized spacial score (nSPS) is 9.54. The molecule has 2 heteroatoms. The van der Waals surface area contributed by atoms with Crippen LogP contribution in [0.3, 0.4) is 0 Å². The number of nitrogens with zero attached hydrogens (tertiary/aromatic N) is 1. The summed E-state index contributed by atoms with van der Waals surface area (Å²) in [7, 11) is 0. The van der Waals surface area contributed by atoms with Crippen molar-refractivity contribution < 1.29 is 4.74 Å². The molecule has 1 rings (SSSR count). The average molecular weight is 175 g/mol. The maximum absolute atomic E-state index is 8.56. The maximum Gasteiger partial charge on any atom is 0.0991 e. The molecule has 0 aromatic heterocycles. The van der Waals surface area contributed by atoms with Gasteiger partial charge in [0.1, 0.15) is 0 Å². The Morgan fingerprint density at radius 3 is 2.54 bits per heavy atom. The Labute approximate surface area is 78.8 Å². The van der Waals surface area contributed by atoms with Crippen molar-refractivity contribution in [2.45, 2.75) is 20.0 Å². The highest BCUT2D eigenvalue weighted by Crippen LogP contribution is 2.04. The predicted octanol–water partition coefficient (Wildman–Crippen LogP) is 2.48. The summed E-state index contributed by atoms with van der Waals surface area (Å²) >= 11 is 0. The Bertz CT molecular complexity index is 284. The predicted molar refractivity (Wildman–Crippen MR) is 51.1 cm³/mol. The zero-order chi connectivity index (χ0) is 9.52. The molecule has 0 aliphatic carbocycles. The third kappa shape index (κ3) is 3.27. The third-order valence-corrected chi connectivity index (χ3v) is 1.70. The highest BCUT2D eigenvalue weighted by Gasteiger charge is 1.93. The van der Waals surface area contributed by atoms with Gasteiger partial charge in [-0.2, -0.15) is 5.26 Å². The number of ether oxygens (including phenoxy) is 1. The summed E-state index contributed by atoms with van der Waals surface area (Å²) in [5.41, 5.74) is 1.81. The van der Waals surface area contributed by atoms with Gasteiger partial charge >= 0.3 is 0 Å². The second-order valence-corrected chi connectivity index (χ2v) is 2.86. The largest absolute Gasteiger partial charge is 0.377 e. The standard InChI is InChI=1S/C11H13NO/c1-2-7-13-9-11-5-3-10(8-12)4-6-11/h3-6H,2,7,9H2,1H3. The first-order chi connectivity index (χ1) is 6.36. The van der Waals surface area contributed by atoms with Crippen molar-refractivity contribution in [3.8, 4) is 6.07 Å². The minimum Gasteiger partial charge on any atom is -0.377 e. The molecule has 2 nitrogen and oxygen atoms in total. The lowest BCUT2D eigenvalue weighted by Gasteiger charge is -2.01. The molecule has 1 aromatic rings. The molecule has 0 unspecified atom stereocenters. The monoisotopic (exact) mass is 175 g/mol. The molecule has 0 atom stereocenters. The highest BCUT2D eigenvalue weighted by molar-refractivity contribution is 5.31. The molecular weight excluding hydrogens is 162 g/mol. The molecule has 13 heavy (non-hydrogen) atoms. The van der Waals surface area contributed by atoms with Crippen molar-refractivity contribution in [2.24, 2.45) is 0 Å². The smallest absolute Gasteiger partial charge is 0.0991 e. The molecule has 0 spiro atoms. The van der Waals surface area contributed by atoms with Crippen LogP contribution in [-0.4, -0.2) is 6.61 Å². The number of rotatable bonds is 4. The molecule has 0 aliphatic heterocycles. The number of benzene rings is 1. The van der Waals surface area contributed by atoms with E-state index in [1.807, 2.05) is 24.3 Å². The van der Waals surface area contributed by atoms with E-state index in [4.69, 9.17) is 10.00 Å². The van der Waals surface area contributed by atoms with Gasteiger partial charge in [0.15, 0.2) is 0 Å². The minimum absolute atomic E-state index is 0.638. The van der Waals surface area contributed by atoms with E-state index in [2.05, 4.69) is 13.0 Å². The van der Waals surface area contributed by atoms with Gasteiger partial charge in [-0.3, -0.25) is 0 Å². The van der Waals surface area contributed by atoms with Crippen LogP contribution in [0.4, 0.5) is 0 Å². The molecule has 68 valence electrons. The summed E-state index contributed by atoms with van der Waals surface area (Å²) in [6.07, 6.45) is 1.04. The van der Waals surface area contributed by atoms with E-state index in [0.29, 0.717) is 12.2 Å². The van der Waals surface area contributed by atoms with Gasteiger partial charge < -0.3 is 4.74 Å². The van der Waals surface area contributed by atoms with Crippen molar-refractivity contribution in [3.05, 3.63) is 35.4 Å². The summed E-state index contributed by atoms with van der Waals surface area (Å²) in [5.74, 6) is 0. The molecule has 0 saturated heterocycles. The van der Waals surface area contributed by atoms with Crippen molar-refractivity contribution in [3.63, 3.8) is 0 Å². The zero-order valence-electron chi connectivity index (χ0n) is 7.79. The van der Waals surface area contributed by atoms with E-state index in [-0.39, 0.29) is 0 Å². The van der Waals surface area contributed by atoms with E-state index < -0.39 is 0 Å². The van der Waals surface area contributed by atoms with Crippen molar-refractivity contribution in [2.75, 3.05) is 6.61 Å². The molecule has 0 heterocycles. The summed E-state index contributed by atoms with van der Waals surface area (Å²) in [6.45, 7) is 3.51. The Morgan fingerprint density at radius 1 is 1.31 bits per heavy atom. The van der Waals surface area contributed by atoms with Crippen LogP contribution < -0.4 is 0 Å². The molecule has 0 aliphatic rings. The van der Waals surface area contributed by atoms with E-state index in [1.165, 1.54) is 0 Å². The van der Waals surface area contributed by atoms with E-state index in [0.717, 1.165) is 18.6 Å². The first kappa shape index (κ1) is 9.76. The molecule has 0 fully saturated rings. The van der Waals surface area contributed by atoms with Crippen LogP contribution in [0.15, 0.2) is 24.3 Å². The van der Waals surface area contributed by atoms with E-state index in [9.17, 15) is 0 Å². The van der Waals surface area contributed by atoms with Gasteiger partial charge in [-0.1, -0.05) is 19.1 Å². The van der Waals surface area contributed by atoms with Crippen molar-refractivity contribution in [1.82, 2.24) is 0 Å². The van der Waals surface area contributed by atoms with Crippen molar-refractivity contribution in [1.29, 1.82) is 5.26 Å². The van der Waals surface area contributed by atoms with Crippen LogP contribution in [-0.2, 0) is 11.3 Å². The van der Waals surface area contributed by atoms with Gasteiger partial charge in [-0.25, -0.2) is 0 Å². The van der Waals surface area contributed by atoms with Crippen molar-refractivity contribution >= 4 is 0 Å².